The van der Waals surface area contributed by atoms with Crippen LogP contribution in [-0.4, -0.2) is 30.3 Å². The van der Waals surface area contributed by atoms with E-state index in [1.807, 2.05) is 24.3 Å². The minimum absolute atomic E-state index is 0.596. The molecule has 0 aliphatic carbocycles. The van der Waals surface area contributed by atoms with E-state index >= 15 is 0 Å². The van der Waals surface area contributed by atoms with Crippen molar-refractivity contribution < 1.29 is 9.26 Å². The van der Waals surface area contributed by atoms with Crippen molar-refractivity contribution in [2.24, 2.45) is 0 Å². The van der Waals surface area contributed by atoms with Crippen molar-refractivity contribution >= 4 is 5.69 Å². The van der Waals surface area contributed by atoms with Gasteiger partial charge in [0.15, 0.2) is 0 Å². The highest BCUT2D eigenvalue weighted by Gasteiger charge is 2.18. The second-order valence-corrected chi connectivity index (χ2v) is 5.97. The lowest BCUT2D eigenvalue weighted by Crippen LogP contribution is -2.28. The number of fused-ring (bicyclic) bond motifs is 1. The van der Waals surface area contributed by atoms with E-state index in [0.717, 1.165) is 30.9 Å². The number of rotatable bonds is 4. The average Bonchev–Trinajstić information content (AvgIpc) is 3.03. The predicted molar refractivity (Wildman–Crippen MR) is 95.5 cm³/mol. The monoisotopic (exact) mass is 336 g/mol. The van der Waals surface area contributed by atoms with Crippen LogP contribution in [0, 0.1) is 0 Å². The van der Waals surface area contributed by atoms with E-state index < -0.39 is 0 Å². The molecule has 1 aliphatic rings. The molecule has 0 saturated heterocycles. The van der Waals surface area contributed by atoms with E-state index in [-0.39, 0.29) is 0 Å². The number of aromatic nitrogens is 2. The molecule has 1 N–H and O–H groups in total. The molecule has 0 atom stereocenters. The van der Waals surface area contributed by atoms with Gasteiger partial charge in [-0.05, 0) is 35.9 Å². The molecular weight excluding hydrogens is 316 g/mol. The fraction of sp³-hybridized carbons (Fsp3) is 0.263. The molecule has 0 spiro atoms. The molecule has 0 fully saturated rings. The first-order valence-electron chi connectivity index (χ1n) is 8.34. The molecule has 1 aliphatic heterocycles. The molecule has 0 saturated carbocycles. The Bertz CT molecular complexity index is 845. The number of nitrogens with one attached hydrogen (secondary N) is 1. The molecule has 1 aromatic heterocycles. The van der Waals surface area contributed by atoms with E-state index in [2.05, 4.69) is 44.6 Å². The van der Waals surface area contributed by atoms with Gasteiger partial charge in [-0.2, -0.15) is 4.98 Å². The van der Waals surface area contributed by atoms with Crippen LogP contribution in [0.1, 0.15) is 11.5 Å². The van der Waals surface area contributed by atoms with Crippen molar-refractivity contribution in [2.75, 3.05) is 25.1 Å². The maximum atomic E-state index is 5.48. The zero-order valence-electron chi connectivity index (χ0n) is 14.1. The van der Waals surface area contributed by atoms with Crippen molar-refractivity contribution in [1.82, 2.24) is 15.5 Å². The van der Waals surface area contributed by atoms with Crippen molar-refractivity contribution in [3.8, 4) is 17.1 Å². The fourth-order valence-electron chi connectivity index (χ4n) is 3.03. The summed E-state index contributed by atoms with van der Waals surface area (Å²) in [6.07, 6.45) is 0. The van der Waals surface area contributed by atoms with Gasteiger partial charge in [0.25, 0.3) is 0 Å². The number of anilines is 1. The number of ether oxygens (including phenoxy) is 1. The molecule has 2 aromatic carbocycles. The van der Waals surface area contributed by atoms with Gasteiger partial charge >= 0.3 is 0 Å². The van der Waals surface area contributed by atoms with Gasteiger partial charge in [-0.1, -0.05) is 23.4 Å². The summed E-state index contributed by atoms with van der Waals surface area (Å²) in [6.45, 7) is 3.31. The SMILES string of the molecule is COc1ccc(-c2noc(CN3CCNCc4ccccc43)n2)cc1. The van der Waals surface area contributed by atoms with Crippen LogP contribution in [0.25, 0.3) is 11.4 Å². The maximum Gasteiger partial charge on any atom is 0.246 e. The Morgan fingerprint density at radius 2 is 2.00 bits per heavy atom. The van der Waals surface area contributed by atoms with Crippen LogP contribution in [0.15, 0.2) is 53.1 Å². The topological polar surface area (TPSA) is 63.4 Å². The summed E-state index contributed by atoms with van der Waals surface area (Å²) < 4.78 is 10.7. The quantitative estimate of drug-likeness (QED) is 0.790. The van der Waals surface area contributed by atoms with E-state index in [1.165, 1.54) is 11.3 Å². The fourth-order valence-corrected chi connectivity index (χ4v) is 3.03. The Balaban J connectivity index is 1.54. The first kappa shape index (κ1) is 15.7. The van der Waals surface area contributed by atoms with Crippen LogP contribution < -0.4 is 15.0 Å². The predicted octanol–water partition coefficient (Wildman–Crippen LogP) is 2.86. The number of methoxy groups -OCH3 is 1. The summed E-state index contributed by atoms with van der Waals surface area (Å²) in [5.41, 5.74) is 3.42. The Hall–Kier alpha value is -2.86. The third-order valence-electron chi connectivity index (χ3n) is 4.35. The van der Waals surface area contributed by atoms with Crippen molar-refractivity contribution in [3.63, 3.8) is 0 Å². The van der Waals surface area contributed by atoms with E-state index in [1.54, 1.807) is 7.11 Å². The van der Waals surface area contributed by atoms with Crippen molar-refractivity contribution in [1.29, 1.82) is 0 Å². The second kappa shape index (κ2) is 6.94. The lowest BCUT2D eigenvalue weighted by molar-refractivity contribution is 0.376. The first-order chi connectivity index (χ1) is 12.3. The average molecular weight is 336 g/mol. The minimum Gasteiger partial charge on any atom is -0.497 e. The van der Waals surface area contributed by atoms with Gasteiger partial charge in [-0.3, -0.25) is 0 Å². The molecule has 4 rings (SSSR count). The third-order valence-corrected chi connectivity index (χ3v) is 4.35. The summed E-state index contributed by atoms with van der Waals surface area (Å²) in [4.78, 5) is 6.83. The summed E-state index contributed by atoms with van der Waals surface area (Å²) in [5.74, 6) is 2.02. The smallest absolute Gasteiger partial charge is 0.246 e. The molecule has 2 heterocycles. The van der Waals surface area contributed by atoms with Gasteiger partial charge in [-0.15, -0.1) is 0 Å². The third kappa shape index (κ3) is 3.34. The summed E-state index contributed by atoms with van der Waals surface area (Å²) in [5, 5.41) is 7.56. The highest BCUT2D eigenvalue weighted by Crippen LogP contribution is 2.25. The van der Waals surface area contributed by atoms with Gasteiger partial charge in [0.05, 0.1) is 13.7 Å². The molecule has 0 amide bonds. The van der Waals surface area contributed by atoms with Crippen LogP contribution in [0.3, 0.4) is 0 Å². The normalized spacial score (nSPS) is 14.0. The summed E-state index contributed by atoms with van der Waals surface area (Å²) in [7, 11) is 1.65. The van der Waals surface area contributed by atoms with Crippen LogP contribution >= 0.6 is 0 Å². The van der Waals surface area contributed by atoms with Gasteiger partial charge in [0, 0.05) is 30.9 Å². The maximum absolute atomic E-state index is 5.48. The van der Waals surface area contributed by atoms with Gasteiger partial charge in [0.2, 0.25) is 11.7 Å². The molecule has 0 unspecified atom stereocenters. The number of hydrogen-bond donors (Lipinski definition) is 1. The van der Waals surface area contributed by atoms with Crippen LogP contribution in [0.2, 0.25) is 0 Å². The molecule has 6 heteroatoms. The molecule has 25 heavy (non-hydrogen) atoms. The molecular formula is C19H20N4O2. The highest BCUT2D eigenvalue weighted by atomic mass is 16.5. The number of benzene rings is 2. The van der Waals surface area contributed by atoms with E-state index in [0.29, 0.717) is 18.3 Å². The number of hydrogen-bond acceptors (Lipinski definition) is 6. The summed E-state index contributed by atoms with van der Waals surface area (Å²) >= 11 is 0. The number of nitrogens with zero attached hydrogens (tertiary/aromatic N) is 3. The lowest BCUT2D eigenvalue weighted by Gasteiger charge is -2.22. The van der Waals surface area contributed by atoms with Gasteiger partial charge < -0.3 is 19.5 Å². The van der Waals surface area contributed by atoms with Crippen molar-refractivity contribution in [3.05, 3.63) is 60.0 Å². The standard InChI is InChI=1S/C19H20N4O2/c1-24-16-8-6-14(7-9-16)19-21-18(25-22-19)13-23-11-10-20-12-15-4-2-3-5-17(15)23/h2-9,20H,10-13H2,1H3. The molecule has 3 aromatic rings. The molecule has 0 radical (unpaired) electrons. The molecule has 6 nitrogen and oxygen atoms in total. The number of para-hydroxylation sites is 1. The van der Waals surface area contributed by atoms with Gasteiger partial charge in [0.1, 0.15) is 5.75 Å². The molecule has 128 valence electrons. The lowest BCUT2D eigenvalue weighted by atomic mass is 10.1. The Morgan fingerprint density at radius 3 is 2.84 bits per heavy atom. The Morgan fingerprint density at radius 1 is 1.16 bits per heavy atom. The Labute approximate surface area is 146 Å². The largest absolute Gasteiger partial charge is 0.497 e. The zero-order valence-corrected chi connectivity index (χ0v) is 14.1. The highest BCUT2D eigenvalue weighted by molar-refractivity contribution is 5.56. The van der Waals surface area contributed by atoms with Crippen molar-refractivity contribution in [2.45, 2.75) is 13.1 Å². The zero-order chi connectivity index (χ0) is 17.1. The minimum atomic E-state index is 0.596. The van der Waals surface area contributed by atoms with E-state index in [4.69, 9.17) is 9.26 Å². The Kier molecular flexibility index (Phi) is 4.35. The molecule has 0 bridgehead atoms. The first-order valence-corrected chi connectivity index (χ1v) is 8.34. The van der Waals surface area contributed by atoms with Crippen LogP contribution in [0.5, 0.6) is 5.75 Å². The van der Waals surface area contributed by atoms with Crippen LogP contribution in [-0.2, 0) is 13.1 Å². The van der Waals surface area contributed by atoms with Gasteiger partial charge in [-0.25, -0.2) is 0 Å². The summed E-state index contributed by atoms with van der Waals surface area (Å²) in [6, 6.07) is 16.1. The van der Waals surface area contributed by atoms with Crippen LogP contribution in [0.4, 0.5) is 5.69 Å². The van der Waals surface area contributed by atoms with E-state index in [9.17, 15) is 0 Å². The second-order valence-electron chi connectivity index (χ2n) is 5.97.